The Morgan fingerprint density at radius 3 is 1.68 bits per heavy atom. The van der Waals surface area contributed by atoms with Crippen LogP contribution >= 0.6 is 0 Å². The van der Waals surface area contributed by atoms with Crippen LogP contribution in [-0.2, 0) is 0 Å². The van der Waals surface area contributed by atoms with Crippen LogP contribution < -0.4 is 0 Å². The fraction of sp³-hybridized carbons (Fsp3) is 1.00. The van der Waals surface area contributed by atoms with Gasteiger partial charge in [0.15, 0.2) is 0 Å². The van der Waals surface area contributed by atoms with Gasteiger partial charge in [-0.3, -0.25) is 0 Å². The van der Waals surface area contributed by atoms with Crippen molar-refractivity contribution >= 4 is 0 Å². The molecular weight excluding hydrogens is 300 g/mol. The Balaban J connectivity index is 4.19. The third-order valence-corrected chi connectivity index (χ3v) is 6.95. The summed E-state index contributed by atoms with van der Waals surface area (Å²) in [6.07, 6.45) is 12.8. The van der Waals surface area contributed by atoms with E-state index in [0.717, 1.165) is 41.4 Å². The van der Waals surface area contributed by atoms with E-state index in [9.17, 15) is 0 Å². The molecule has 5 atom stereocenters. The molecule has 0 aliphatic heterocycles. The molecule has 25 heavy (non-hydrogen) atoms. The molecule has 0 radical (unpaired) electrons. The summed E-state index contributed by atoms with van der Waals surface area (Å²) < 4.78 is 0. The lowest BCUT2D eigenvalue weighted by atomic mass is 9.77. The van der Waals surface area contributed by atoms with Crippen molar-refractivity contribution in [2.75, 3.05) is 0 Å². The van der Waals surface area contributed by atoms with Gasteiger partial charge in [-0.25, -0.2) is 0 Å². The molecule has 5 unspecified atom stereocenters. The maximum absolute atomic E-state index is 2.51. The summed E-state index contributed by atoms with van der Waals surface area (Å²) in [6, 6.07) is 0. The molecule has 0 nitrogen and oxygen atoms in total. The van der Waals surface area contributed by atoms with Crippen LogP contribution in [0.5, 0.6) is 0 Å². The van der Waals surface area contributed by atoms with Gasteiger partial charge in [-0.05, 0) is 47.8 Å². The number of hydrogen-bond acceptors (Lipinski definition) is 0. The Bertz CT molecular complexity index is 290. The van der Waals surface area contributed by atoms with Gasteiger partial charge in [0, 0.05) is 0 Å². The van der Waals surface area contributed by atoms with Crippen LogP contribution in [0, 0.1) is 41.4 Å². The van der Waals surface area contributed by atoms with E-state index in [2.05, 4.69) is 62.3 Å². The van der Waals surface area contributed by atoms with Crippen molar-refractivity contribution in [2.45, 2.75) is 120 Å². The van der Waals surface area contributed by atoms with Crippen LogP contribution in [-0.4, -0.2) is 0 Å². The Labute approximate surface area is 161 Å². The van der Waals surface area contributed by atoms with Gasteiger partial charge in [0.25, 0.3) is 0 Å². The molecule has 0 aromatic heterocycles. The maximum Gasteiger partial charge on any atom is -0.0365 e. The van der Waals surface area contributed by atoms with Gasteiger partial charge < -0.3 is 0 Å². The number of unbranched alkanes of at least 4 members (excludes halogenated alkanes) is 1. The maximum atomic E-state index is 2.51. The molecule has 0 heteroatoms. The summed E-state index contributed by atoms with van der Waals surface area (Å²) in [6.45, 7) is 21.8. The summed E-state index contributed by atoms with van der Waals surface area (Å²) >= 11 is 0. The quantitative estimate of drug-likeness (QED) is 0.258. The topological polar surface area (TPSA) is 0 Å². The van der Waals surface area contributed by atoms with E-state index >= 15 is 0 Å². The summed E-state index contributed by atoms with van der Waals surface area (Å²) in [7, 11) is 0. The molecule has 0 amide bonds. The number of rotatable bonds is 15. The summed E-state index contributed by atoms with van der Waals surface area (Å²) in [5.41, 5.74) is 0. The van der Waals surface area contributed by atoms with E-state index in [1.54, 1.807) is 0 Å². The lowest BCUT2D eigenvalue weighted by molar-refractivity contribution is 0.220. The van der Waals surface area contributed by atoms with Crippen LogP contribution in [0.2, 0.25) is 0 Å². The zero-order valence-electron chi connectivity index (χ0n) is 19.4. The zero-order valence-corrected chi connectivity index (χ0v) is 19.4. The SMILES string of the molecule is CCC(C)C(CC)C(C)CCCCC(CC(C)CCC(C)C)C(C)C. The van der Waals surface area contributed by atoms with Crippen LogP contribution in [0.3, 0.4) is 0 Å². The van der Waals surface area contributed by atoms with Gasteiger partial charge >= 0.3 is 0 Å². The molecule has 0 rings (SSSR count). The lowest BCUT2D eigenvalue weighted by Crippen LogP contribution is -2.19. The van der Waals surface area contributed by atoms with Crippen LogP contribution in [0.15, 0.2) is 0 Å². The molecule has 0 heterocycles. The molecule has 0 aliphatic rings. The van der Waals surface area contributed by atoms with Crippen molar-refractivity contribution in [2.24, 2.45) is 41.4 Å². The minimum Gasteiger partial charge on any atom is -0.0651 e. The zero-order chi connectivity index (χ0) is 19.4. The van der Waals surface area contributed by atoms with Crippen LogP contribution in [0.25, 0.3) is 0 Å². The van der Waals surface area contributed by atoms with Gasteiger partial charge in [0.1, 0.15) is 0 Å². The normalized spacial score (nSPS) is 18.4. The molecule has 0 saturated carbocycles. The second-order valence-electron chi connectivity index (χ2n) is 10.0. The van der Waals surface area contributed by atoms with E-state index in [4.69, 9.17) is 0 Å². The molecule has 0 aliphatic carbocycles. The monoisotopic (exact) mass is 352 g/mol. The molecule has 0 spiro atoms. The fourth-order valence-corrected chi connectivity index (χ4v) is 4.73. The molecule has 0 fully saturated rings. The van der Waals surface area contributed by atoms with Gasteiger partial charge in [-0.2, -0.15) is 0 Å². The molecule has 0 bridgehead atoms. The van der Waals surface area contributed by atoms with Crippen molar-refractivity contribution in [1.29, 1.82) is 0 Å². The second kappa shape index (κ2) is 14.1. The molecule has 0 aromatic carbocycles. The molecule has 0 aromatic rings. The first-order chi connectivity index (χ1) is 11.7. The third kappa shape index (κ3) is 11.3. The molecule has 0 N–H and O–H groups in total. The predicted molar refractivity (Wildman–Crippen MR) is 117 cm³/mol. The summed E-state index contributed by atoms with van der Waals surface area (Å²) in [5.74, 6) is 6.29. The molecule has 152 valence electrons. The Hall–Kier alpha value is 0. The number of hydrogen-bond donors (Lipinski definition) is 0. The minimum atomic E-state index is 0.849. The lowest BCUT2D eigenvalue weighted by Gasteiger charge is -2.29. The fourth-order valence-electron chi connectivity index (χ4n) is 4.73. The van der Waals surface area contributed by atoms with E-state index in [1.807, 2.05) is 0 Å². The van der Waals surface area contributed by atoms with Crippen molar-refractivity contribution in [3.8, 4) is 0 Å². The van der Waals surface area contributed by atoms with Crippen molar-refractivity contribution in [3.05, 3.63) is 0 Å². The first-order valence-electron chi connectivity index (χ1n) is 11.7. The average Bonchev–Trinajstić information content (AvgIpc) is 2.55. The van der Waals surface area contributed by atoms with Gasteiger partial charge in [-0.15, -0.1) is 0 Å². The highest BCUT2D eigenvalue weighted by Gasteiger charge is 2.21. The Kier molecular flexibility index (Phi) is 14.1. The van der Waals surface area contributed by atoms with Gasteiger partial charge in [0.2, 0.25) is 0 Å². The van der Waals surface area contributed by atoms with E-state index < -0.39 is 0 Å². The molecular formula is C25H52. The molecule has 0 saturated heterocycles. The summed E-state index contributed by atoms with van der Waals surface area (Å²) in [4.78, 5) is 0. The second-order valence-corrected chi connectivity index (χ2v) is 10.0. The highest BCUT2D eigenvalue weighted by atomic mass is 14.3. The first kappa shape index (κ1) is 25.0. The predicted octanol–water partition coefficient (Wildman–Crippen LogP) is 8.99. The Morgan fingerprint density at radius 1 is 0.600 bits per heavy atom. The van der Waals surface area contributed by atoms with E-state index in [0.29, 0.717) is 0 Å². The largest absolute Gasteiger partial charge is 0.0651 e. The summed E-state index contributed by atoms with van der Waals surface area (Å²) in [5, 5.41) is 0. The standard InChI is InChI=1S/C25H52/c1-10-22(8)25(11-2)23(9)14-12-13-15-24(20(5)6)18-21(7)17-16-19(3)4/h19-25H,10-18H2,1-9H3. The van der Waals surface area contributed by atoms with Crippen molar-refractivity contribution in [1.82, 2.24) is 0 Å². The van der Waals surface area contributed by atoms with E-state index in [-0.39, 0.29) is 0 Å². The smallest absolute Gasteiger partial charge is 0.0365 e. The van der Waals surface area contributed by atoms with Crippen LogP contribution in [0.4, 0.5) is 0 Å². The van der Waals surface area contributed by atoms with Crippen LogP contribution in [0.1, 0.15) is 120 Å². The van der Waals surface area contributed by atoms with Crippen molar-refractivity contribution < 1.29 is 0 Å². The highest BCUT2D eigenvalue weighted by Crippen LogP contribution is 2.32. The van der Waals surface area contributed by atoms with Gasteiger partial charge in [-0.1, -0.05) is 114 Å². The third-order valence-electron chi connectivity index (χ3n) is 6.95. The van der Waals surface area contributed by atoms with Crippen molar-refractivity contribution in [3.63, 3.8) is 0 Å². The highest BCUT2D eigenvalue weighted by molar-refractivity contribution is 4.72. The Morgan fingerprint density at radius 2 is 1.20 bits per heavy atom. The van der Waals surface area contributed by atoms with E-state index in [1.165, 1.54) is 57.8 Å². The first-order valence-corrected chi connectivity index (χ1v) is 11.7. The average molecular weight is 353 g/mol. The minimum absolute atomic E-state index is 0.849. The van der Waals surface area contributed by atoms with Gasteiger partial charge in [0.05, 0.1) is 0 Å².